The van der Waals surface area contributed by atoms with Gasteiger partial charge in [-0.05, 0) is 260 Å². The fourth-order valence-electron chi connectivity index (χ4n) is 18.4. The number of hydrogen-bond acceptors (Lipinski definition) is 16. The van der Waals surface area contributed by atoms with Gasteiger partial charge in [0.25, 0.3) is 0 Å². The molecule has 2 aliphatic heterocycles. The van der Waals surface area contributed by atoms with E-state index in [0.29, 0.717) is 59.4 Å². The maximum absolute atomic E-state index is 15.0. The van der Waals surface area contributed by atoms with Crippen LogP contribution >= 0.6 is 11.6 Å². The predicted molar refractivity (Wildman–Crippen MR) is 390 cm³/mol. The normalized spacial score (nSPS) is 29.8. The number of halogens is 2. The van der Waals surface area contributed by atoms with Crippen molar-refractivity contribution in [2.75, 3.05) is 11.6 Å². The van der Waals surface area contributed by atoms with Crippen molar-refractivity contribution in [3.05, 3.63) is 64.9 Å². The molecule has 0 radical (unpaired) electrons. The molecule has 16 rings (SSSR count). The van der Waals surface area contributed by atoms with E-state index in [1.807, 2.05) is 24.3 Å². The van der Waals surface area contributed by atoms with Crippen LogP contribution in [-0.4, -0.2) is 126 Å². The fourth-order valence-corrected chi connectivity index (χ4v) is 18.6. The first-order valence-corrected chi connectivity index (χ1v) is 38.4. The topological polar surface area (TPSA) is 336 Å². The van der Waals surface area contributed by atoms with Gasteiger partial charge < -0.3 is 51.0 Å². The van der Waals surface area contributed by atoms with Crippen molar-refractivity contribution in [3.8, 4) is 0 Å². The number of cyclic esters (lactones) is 2. The number of ether oxygens (including phenoxy) is 3. The van der Waals surface area contributed by atoms with Gasteiger partial charge in [-0.2, -0.15) is 0 Å². The van der Waals surface area contributed by atoms with Crippen molar-refractivity contribution < 1.29 is 87.0 Å². The van der Waals surface area contributed by atoms with Crippen LogP contribution in [-0.2, 0) is 62.2 Å². The van der Waals surface area contributed by atoms with Crippen molar-refractivity contribution in [1.29, 1.82) is 0 Å². The molecule has 12 bridgehead atoms. The number of carboxylic acid groups (broad SMARTS) is 3. The number of nitrogens with two attached hydrogens (primary N) is 1. The van der Waals surface area contributed by atoms with E-state index in [9.17, 15) is 47.9 Å². The Morgan fingerprint density at radius 2 is 0.971 bits per heavy atom. The zero-order chi connectivity index (χ0) is 76.9. The standard InChI is InChI=1S/C30H35ClFN3O2.C15H23NO3.C10H17N.C9H16O4.C8H14O4.C4H4O3.C4H10O/c1-18(12-28(36)33-29-21-14-19-13-20(16-21)17-22(29)15-19)30(37)34-11-10-26(23-6-2-3-7-24(23)31)35(34)27-9-5-4-8-25(27)32;1-8(15(18)19)2-13(17)16-14-11-4-9-3-10(6-11)7-12(14)5-9;11-10-8-2-6-1-7(4-8)5-9(10)3-6;1-6(5-7(10)11)8(12)13-9(2,3)4;1-8(2,3)12-7(11)5-4-6(9)10;5-3-1-2-4(6)7-3;1-4(2,3)5/h2-9,18-22,26,29H,10-17H2,1H3,(H,33,36);8-12,14H,2-7H2,1H3,(H,16,17)(H,18,19);6-10H,1-5,11H2;6H,5H2,1-4H3,(H,10,11);4-5H2,1-3H3,(H,9,10);1-2H2;5H,1-3H3. The maximum Gasteiger partial charge on any atom is 0.314 e. The van der Waals surface area contributed by atoms with Crippen LogP contribution in [0.15, 0.2) is 48.5 Å². The van der Waals surface area contributed by atoms with Crippen molar-refractivity contribution in [1.82, 2.24) is 15.6 Å². The molecule has 14 aliphatic rings. The van der Waals surface area contributed by atoms with Crippen molar-refractivity contribution in [2.45, 2.75) is 272 Å². The number of nitrogens with one attached hydrogen (secondary N) is 2. The monoisotopic (exact) mass is 1480 g/mol. The van der Waals surface area contributed by atoms with E-state index in [4.69, 9.17) is 47.2 Å². The summed E-state index contributed by atoms with van der Waals surface area (Å²) in [6.45, 7) is 21.1. The zero-order valence-electron chi connectivity index (χ0n) is 63.4. The van der Waals surface area contributed by atoms with Crippen molar-refractivity contribution in [3.63, 3.8) is 0 Å². The smallest absolute Gasteiger partial charge is 0.314 e. The largest absolute Gasteiger partial charge is 0.481 e. The maximum atomic E-state index is 15.0. The van der Waals surface area contributed by atoms with Crippen LogP contribution in [0, 0.1) is 94.6 Å². The highest BCUT2D eigenvalue weighted by Gasteiger charge is 2.51. The minimum absolute atomic E-state index is 0.0439. The average molecular weight is 1480 g/mol. The molecule has 3 amide bonds. The minimum atomic E-state index is -0.988. The number of nitrogens with zero attached hydrogens (tertiary/aromatic N) is 2. The molecular weight excluding hydrogens is 1360 g/mol. The van der Waals surface area contributed by atoms with E-state index >= 15 is 4.39 Å². The quantitative estimate of drug-likeness (QED) is 0.0466. The van der Waals surface area contributed by atoms with Crippen LogP contribution in [0.4, 0.5) is 10.1 Å². The van der Waals surface area contributed by atoms with Gasteiger partial charge in [-0.3, -0.25) is 58.0 Å². The van der Waals surface area contributed by atoms with Crippen molar-refractivity contribution >= 4 is 76.8 Å². The lowest BCUT2D eigenvalue weighted by atomic mass is 9.54. The summed E-state index contributed by atoms with van der Waals surface area (Å²) in [4.78, 5) is 112. The van der Waals surface area contributed by atoms with E-state index in [2.05, 4.69) is 15.4 Å². The lowest BCUT2D eigenvalue weighted by Gasteiger charge is -2.54. The Kier molecular flexibility index (Phi) is 30.2. The van der Waals surface area contributed by atoms with Gasteiger partial charge in [-0.25, -0.2) is 4.39 Å². The molecule has 104 heavy (non-hydrogen) atoms. The molecule has 22 nitrogen and oxygen atoms in total. The summed E-state index contributed by atoms with van der Waals surface area (Å²) in [5.41, 5.74) is 5.78. The first-order valence-electron chi connectivity index (χ1n) is 38.1. The van der Waals surface area contributed by atoms with Crippen molar-refractivity contribution in [2.24, 2.45) is 94.5 Å². The number of carboxylic acids is 3. The van der Waals surface area contributed by atoms with Gasteiger partial charge in [0.05, 0.1) is 61.3 Å². The zero-order valence-corrected chi connectivity index (χ0v) is 64.1. The van der Waals surface area contributed by atoms with E-state index in [1.54, 1.807) is 118 Å². The highest BCUT2D eigenvalue weighted by molar-refractivity contribution is 6.31. The summed E-state index contributed by atoms with van der Waals surface area (Å²) >= 11 is 6.52. The van der Waals surface area contributed by atoms with E-state index in [1.165, 1.54) is 96.0 Å². The number of carbonyl (C=O) groups excluding carboxylic acids is 7. The summed E-state index contributed by atoms with van der Waals surface area (Å²) in [7, 11) is 0. The second-order valence-electron chi connectivity index (χ2n) is 34.7. The Morgan fingerprint density at radius 1 is 0.567 bits per heavy atom. The van der Waals surface area contributed by atoms with Crippen LogP contribution in [0.5, 0.6) is 0 Å². The number of benzene rings is 2. The van der Waals surface area contributed by atoms with Gasteiger partial charge in [0.1, 0.15) is 17.0 Å². The van der Waals surface area contributed by atoms with Gasteiger partial charge >= 0.3 is 41.8 Å². The summed E-state index contributed by atoms with van der Waals surface area (Å²) in [5, 5.41) is 44.5. The number of hydrogen-bond donors (Lipinski definition) is 7. The molecule has 2 aromatic carbocycles. The molecule has 0 spiro atoms. The minimum Gasteiger partial charge on any atom is -0.481 e. The van der Waals surface area contributed by atoms with Gasteiger partial charge in [-0.15, -0.1) is 0 Å². The second kappa shape index (κ2) is 37.2. The molecule has 8 N–H and O–H groups in total. The van der Waals surface area contributed by atoms with Gasteiger partial charge in [-0.1, -0.05) is 62.7 Å². The van der Waals surface area contributed by atoms with Crippen LogP contribution in [0.25, 0.3) is 0 Å². The highest BCUT2D eigenvalue weighted by Crippen LogP contribution is 2.56. The van der Waals surface area contributed by atoms with Crippen LogP contribution < -0.4 is 21.4 Å². The Balaban J connectivity index is 0.000000189. The Bertz CT molecular complexity index is 3200. The number of aliphatic carboxylic acids is 3. The van der Waals surface area contributed by atoms with Gasteiger partial charge in [0.2, 0.25) is 17.7 Å². The van der Waals surface area contributed by atoms with E-state index in [-0.39, 0.29) is 74.8 Å². The Morgan fingerprint density at radius 3 is 1.35 bits per heavy atom. The number of amides is 3. The third kappa shape index (κ3) is 26.1. The summed E-state index contributed by atoms with van der Waals surface area (Å²) in [5.74, 6) is 3.03. The third-order valence-corrected chi connectivity index (χ3v) is 22.4. The lowest BCUT2D eigenvalue weighted by molar-refractivity contribution is -0.162. The second-order valence-corrected chi connectivity index (χ2v) is 35.1. The van der Waals surface area contributed by atoms with Gasteiger partial charge in [0, 0.05) is 48.5 Å². The molecule has 12 saturated carbocycles. The fraction of sp³-hybridized carbons (Fsp3) is 0.725. The molecule has 24 heteroatoms. The first kappa shape index (κ1) is 84.5. The first-order chi connectivity index (χ1) is 48.6. The molecular formula is C80H119ClFN5O17. The van der Waals surface area contributed by atoms with Crippen LogP contribution in [0.1, 0.15) is 242 Å². The molecule has 4 unspecified atom stereocenters. The molecule has 580 valence electrons. The third-order valence-electron chi connectivity index (χ3n) is 22.0. The number of para-hydroxylation sites is 1. The average Bonchev–Trinajstić information content (AvgIpc) is 0.875. The number of aliphatic hydroxyl groups is 1. The molecule has 2 heterocycles. The summed E-state index contributed by atoms with van der Waals surface area (Å²) < 4.78 is 29.0. The lowest BCUT2D eigenvalue weighted by Crippen LogP contribution is -2.56. The van der Waals surface area contributed by atoms with E-state index < -0.39 is 82.2 Å². The molecule has 4 atom stereocenters. The molecule has 12 aliphatic carbocycles. The Hall–Kier alpha value is -6.72. The van der Waals surface area contributed by atoms with Crippen LogP contribution in [0.3, 0.4) is 0 Å². The number of carbonyl (C=O) groups is 10. The molecule has 14 fully saturated rings. The number of esters is 4. The number of hydrazine groups is 1. The summed E-state index contributed by atoms with van der Waals surface area (Å²) in [6, 6.07) is 14.9. The molecule has 0 aromatic heterocycles. The summed E-state index contributed by atoms with van der Waals surface area (Å²) in [6.07, 6.45) is 21.2. The Labute approximate surface area is 619 Å². The number of anilines is 1. The number of rotatable bonds is 16. The highest BCUT2D eigenvalue weighted by atomic mass is 35.5. The van der Waals surface area contributed by atoms with Crippen LogP contribution in [0.2, 0.25) is 5.02 Å². The SMILES string of the molecule is CC(C)(C)O.CC(C)(C)OC(=O)CCC(=O)O.CC(CC(=O)NC1C2CC3CC(C2)CC1C3)C(=O)N1CCC(c2ccccc2Cl)N1c1ccccc1F.CC(CC(=O)NC1C2CC3CC(C2)CC1C3)C(=O)O.CC(CC(=O)O)C(=O)OC(C)(C)C.NC1C2CC3CC(C2)CC1C3.O=C1CCC(=O)O1. The molecule has 2 aromatic rings. The molecule has 2 saturated heterocycles. The van der Waals surface area contributed by atoms with Gasteiger partial charge in [0.15, 0.2) is 0 Å². The predicted octanol–water partition coefficient (Wildman–Crippen LogP) is 13.2. The van der Waals surface area contributed by atoms with E-state index in [0.717, 1.165) is 52.9 Å².